The first-order valence-corrected chi connectivity index (χ1v) is 6.75. The van der Waals surface area contributed by atoms with E-state index in [-0.39, 0.29) is 22.9 Å². The molecule has 0 saturated carbocycles. The number of benzene rings is 1. The average molecular weight is 295 g/mol. The number of carbonyl (C=O) groups excluding carboxylic acids is 1. The van der Waals surface area contributed by atoms with Crippen molar-refractivity contribution in [3.63, 3.8) is 0 Å². The molecule has 0 aliphatic carbocycles. The molecule has 6 nitrogen and oxygen atoms in total. The molecular weight excluding hydrogens is 277 g/mol. The van der Waals surface area contributed by atoms with Gasteiger partial charge < -0.3 is 9.80 Å². The van der Waals surface area contributed by atoms with E-state index in [9.17, 15) is 19.3 Å². The van der Waals surface area contributed by atoms with E-state index < -0.39 is 16.6 Å². The zero-order chi connectivity index (χ0) is 15.7. The summed E-state index contributed by atoms with van der Waals surface area (Å²) in [5.41, 5.74) is -0.383. The molecule has 114 valence electrons. The molecule has 1 aliphatic rings. The number of nitro benzene ring substituents is 1. The average Bonchev–Trinajstić information content (AvgIpc) is 2.40. The number of amides is 1. The zero-order valence-corrected chi connectivity index (χ0v) is 12.3. The number of hydrogen-bond acceptors (Lipinski definition) is 4. The summed E-state index contributed by atoms with van der Waals surface area (Å²) >= 11 is 0. The Morgan fingerprint density at radius 3 is 2.67 bits per heavy atom. The maximum atomic E-state index is 14.2. The van der Waals surface area contributed by atoms with Crippen LogP contribution < -0.4 is 0 Å². The van der Waals surface area contributed by atoms with Gasteiger partial charge in [0.15, 0.2) is 0 Å². The number of carbonyl (C=O) groups is 1. The number of hydrogen-bond donors (Lipinski definition) is 0. The summed E-state index contributed by atoms with van der Waals surface area (Å²) in [6.07, 6.45) is 0. The molecular formula is C14H18FN3O3. The predicted molar refractivity (Wildman–Crippen MR) is 75.8 cm³/mol. The smallest absolute Gasteiger partial charge is 0.270 e. The quantitative estimate of drug-likeness (QED) is 0.616. The number of halogens is 1. The zero-order valence-electron chi connectivity index (χ0n) is 12.3. The number of rotatable bonds is 2. The van der Waals surface area contributed by atoms with Crippen molar-refractivity contribution in [3.8, 4) is 0 Å². The molecule has 1 unspecified atom stereocenters. The van der Waals surface area contributed by atoms with Crippen molar-refractivity contribution in [1.29, 1.82) is 0 Å². The fourth-order valence-corrected chi connectivity index (χ4v) is 2.61. The summed E-state index contributed by atoms with van der Waals surface area (Å²) in [5.74, 6) is -1.17. The lowest BCUT2D eigenvalue weighted by atomic mass is 10.1. The third-order valence-corrected chi connectivity index (χ3v) is 3.77. The summed E-state index contributed by atoms with van der Waals surface area (Å²) < 4.78 is 14.2. The van der Waals surface area contributed by atoms with Crippen LogP contribution in [0.3, 0.4) is 0 Å². The molecule has 1 fully saturated rings. The minimum absolute atomic E-state index is 0.0600. The van der Waals surface area contributed by atoms with E-state index in [2.05, 4.69) is 4.90 Å². The van der Waals surface area contributed by atoms with E-state index in [1.807, 2.05) is 14.0 Å². The number of non-ortho nitro benzene ring substituents is 1. The Balaban J connectivity index is 2.37. The third kappa shape index (κ3) is 3.02. The van der Waals surface area contributed by atoms with Gasteiger partial charge >= 0.3 is 0 Å². The molecule has 0 N–H and O–H groups in total. The van der Waals surface area contributed by atoms with Gasteiger partial charge in [-0.1, -0.05) is 0 Å². The summed E-state index contributed by atoms with van der Waals surface area (Å²) in [6.45, 7) is 5.19. The van der Waals surface area contributed by atoms with Gasteiger partial charge in [0.25, 0.3) is 11.6 Å². The molecule has 1 aliphatic heterocycles. The molecule has 1 aromatic carbocycles. The van der Waals surface area contributed by atoms with Crippen molar-refractivity contribution < 1.29 is 14.1 Å². The van der Waals surface area contributed by atoms with E-state index in [4.69, 9.17) is 0 Å². The van der Waals surface area contributed by atoms with Crippen LogP contribution in [0.2, 0.25) is 0 Å². The summed E-state index contributed by atoms with van der Waals surface area (Å²) in [4.78, 5) is 26.4. The first kappa shape index (κ1) is 15.4. The fraction of sp³-hybridized carbons (Fsp3) is 0.500. The second-order valence-corrected chi connectivity index (χ2v) is 5.49. The van der Waals surface area contributed by atoms with Crippen LogP contribution >= 0.6 is 0 Å². The van der Waals surface area contributed by atoms with Crippen LogP contribution in [-0.4, -0.2) is 53.4 Å². The molecule has 1 saturated heterocycles. The number of likely N-dealkylation sites (N-methyl/N-ethyl adjacent to an activating group) is 1. The lowest BCUT2D eigenvalue weighted by Gasteiger charge is -2.38. The van der Waals surface area contributed by atoms with Gasteiger partial charge in [0, 0.05) is 37.8 Å². The molecule has 0 radical (unpaired) electrons. The minimum Gasteiger partial charge on any atom is -0.333 e. The summed E-state index contributed by atoms with van der Waals surface area (Å²) in [7, 11) is 1.95. The molecule has 0 bridgehead atoms. The first-order valence-electron chi connectivity index (χ1n) is 6.75. The SMILES string of the molecule is Cc1cc([N+](=O)[O-])cc(C(=O)N2CCN(C)CC2C)c1F. The van der Waals surface area contributed by atoms with Crippen LogP contribution in [0.1, 0.15) is 22.8 Å². The van der Waals surface area contributed by atoms with Gasteiger partial charge in [0.1, 0.15) is 5.82 Å². The van der Waals surface area contributed by atoms with Crippen LogP contribution in [0.4, 0.5) is 10.1 Å². The van der Waals surface area contributed by atoms with Crippen LogP contribution in [0.15, 0.2) is 12.1 Å². The Bertz CT molecular complexity index is 591. The van der Waals surface area contributed by atoms with Crippen molar-refractivity contribution in [3.05, 3.63) is 39.2 Å². The topological polar surface area (TPSA) is 66.7 Å². The summed E-state index contributed by atoms with van der Waals surface area (Å²) in [6, 6.07) is 2.10. The number of nitro groups is 1. The van der Waals surface area contributed by atoms with Crippen LogP contribution in [-0.2, 0) is 0 Å². The molecule has 7 heteroatoms. The lowest BCUT2D eigenvalue weighted by molar-refractivity contribution is -0.385. The normalized spacial score (nSPS) is 19.6. The van der Waals surface area contributed by atoms with Crippen LogP contribution in [0.25, 0.3) is 0 Å². The Hall–Kier alpha value is -2.02. The monoisotopic (exact) mass is 295 g/mol. The van der Waals surface area contributed by atoms with Crippen molar-refractivity contribution in [2.24, 2.45) is 0 Å². The van der Waals surface area contributed by atoms with Gasteiger partial charge in [0.05, 0.1) is 10.5 Å². The lowest BCUT2D eigenvalue weighted by Crippen LogP contribution is -2.52. The van der Waals surface area contributed by atoms with Crippen molar-refractivity contribution in [2.45, 2.75) is 19.9 Å². The standard InChI is InChI=1S/C14H18FN3O3/c1-9-6-11(18(20)21)7-12(13(9)15)14(19)17-5-4-16(3)8-10(17)2/h6-7,10H,4-5,8H2,1-3H3. The molecule has 1 atom stereocenters. The minimum atomic E-state index is -0.684. The fourth-order valence-electron chi connectivity index (χ4n) is 2.61. The van der Waals surface area contributed by atoms with Gasteiger partial charge in [-0.2, -0.15) is 0 Å². The number of aryl methyl sites for hydroxylation is 1. The van der Waals surface area contributed by atoms with Gasteiger partial charge in [0.2, 0.25) is 0 Å². The van der Waals surface area contributed by atoms with E-state index >= 15 is 0 Å². The Labute approximate surface area is 122 Å². The maximum absolute atomic E-state index is 14.2. The highest BCUT2D eigenvalue weighted by Gasteiger charge is 2.29. The van der Waals surface area contributed by atoms with E-state index in [1.165, 1.54) is 6.92 Å². The number of nitrogens with zero attached hydrogens (tertiary/aromatic N) is 3. The highest BCUT2D eigenvalue weighted by Crippen LogP contribution is 2.23. The van der Waals surface area contributed by atoms with E-state index in [1.54, 1.807) is 4.90 Å². The molecule has 1 amide bonds. The first-order chi connectivity index (χ1) is 9.81. The van der Waals surface area contributed by atoms with Crippen LogP contribution in [0, 0.1) is 22.9 Å². The van der Waals surface area contributed by atoms with E-state index in [0.717, 1.165) is 12.1 Å². The Kier molecular flexibility index (Phi) is 4.22. The Morgan fingerprint density at radius 1 is 1.43 bits per heavy atom. The largest absolute Gasteiger partial charge is 0.333 e. The number of piperazine rings is 1. The third-order valence-electron chi connectivity index (χ3n) is 3.77. The molecule has 21 heavy (non-hydrogen) atoms. The second kappa shape index (κ2) is 5.77. The van der Waals surface area contributed by atoms with Gasteiger partial charge in [-0.15, -0.1) is 0 Å². The van der Waals surface area contributed by atoms with Crippen molar-refractivity contribution >= 4 is 11.6 Å². The second-order valence-electron chi connectivity index (χ2n) is 5.49. The summed E-state index contributed by atoms with van der Waals surface area (Å²) in [5, 5.41) is 10.9. The highest BCUT2D eigenvalue weighted by molar-refractivity contribution is 5.95. The van der Waals surface area contributed by atoms with Crippen molar-refractivity contribution in [2.75, 3.05) is 26.7 Å². The van der Waals surface area contributed by atoms with Gasteiger partial charge in [-0.25, -0.2) is 4.39 Å². The highest BCUT2D eigenvalue weighted by atomic mass is 19.1. The van der Waals surface area contributed by atoms with Crippen molar-refractivity contribution in [1.82, 2.24) is 9.80 Å². The molecule has 0 spiro atoms. The van der Waals surface area contributed by atoms with Gasteiger partial charge in [-0.05, 0) is 26.5 Å². The predicted octanol–water partition coefficient (Wildman–Crippen LogP) is 1.82. The molecule has 1 heterocycles. The molecule has 0 aromatic heterocycles. The Morgan fingerprint density at radius 2 is 2.10 bits per heavy atom. The molecule has 1 aromatic rings. The molecule has 2 rings (SSSR count). The van der Waals surface area contributed by atoms with E-state index in [0.29, 0.717) is 19.6 Å². The van der Waals surface area contributed by atoms with Crippen LogP contribution in [0.5, 0.6) is 0 Å². The maximum Gasteiger partial charge on any atom is 0.270 e. The van der Waals surface area contributed by atoms with Gasteiger partial charge in [-0.3, -0.25) is 14.9 Å².